The minimum absolute atomic E-state index is 0.0993. The monoisotopic (exact) mass is 336 g/mol. The summed E-state index contributed by atoms with van der Waals surface area (Å²) in [5.41, 5.74) is 6.04. The molecule has 0 atom stereocenters. The molecule has 0 radical (unpaired) electrons. The molecule has 3 aromatic rings. The van der Waals surface area contributed by atoms with E-state index in [0.29, 0.717) is 16.9 Å². The van der Waals surface area contributed by atoms with Gasteiger partial charge >= 0.3 is 0 Å². The number of hydrazone groups is 1. The van der Waals surface area contributed by atoms with E-state index in [1.165, 1.54) is 11.6 Å². The van der Waals surface area contributed by atoms with Crippen LogP contribution in [0.5, 0.6) is 5.75 Å². The number of furan rings is 1. The summed E-state index contributed by atoms with van der Waals surface area (Å²) in [7, 11) is 0. The third-order valence-electron chi connectivity index (χ3n) is 4.12. The number of nitrogens with zero attached hydrogens (tertiary/aromatic N) is 1. The summed E-state index contributed by atoms with van der Waals surface area (Å²) in [6, 6.07) is 11.1. The molecule has 0 saturated carbocycles. The first-order valence-corrected chi connectivity index (χ1v) is 8.10. The van der Waals surface area contributed by atoms with Gasteiger partial charge in [0.05, 0.1) is 23.4 Å². The van der Waals surface area contributed by atoms with E-state index in [-0.39, 0.29) is 11.3 Å². The van der Waals surface area contributed by atoms with E-state index in [9.17, 15) is 9.90 Å². The Balaban J connectivity index is 1.74. The largest absolute Gasteiger partial charge is 0.506 e. The number of carbonyl (C=O) groups excluding carboxylic acids is 1. The molecular formula is C20H20N2O3. The fraction of sp³-hybridized carbons (Fsp3) is 0.200. The number of amides is 1. The summed E-state index contributed by atoms with van der Waals surface area (Å²) >= 11 is 0. The number of phenolic OH excluding ortho intramolecular Hbond substituents is 1. The highest BCUT2D eigenvalue weighted by Gasteiger charge is 2.16. The van der Waals surface area contributed by atoms with Gasteiger partial charge in [-0.25, -0.2) is 5.43 Å². The summed E-state index contributed by atoms with van der Waals surface area (Å²) in [6.45, 7) is 6.08. The van der Waals surface area contributed by atoms with Crippen LogP contribution in [0, 0.1) is 6.92 Å². The topological polar surface area (TPSA) is 74.8 Å². The Bertz CT molecular complexity index is 937. The molecular weight excluding hydrogens is 316 g/mol. The van der Waals surface area contributed by atoms with Crippen molar-refractivity contribution in [3.8, 4) is 5.75 Å². The van der Waals surface area contributed by atoms with E-state index in [1.807, 2.05) is 31.2 Å². The van der Waals surface area contributed by atoms with Gasteiger partial charge in [0.25, 0.3) is 5.91 Å². The number of hydrogen-bond donors (Lipinski definition) is 2. The number of phenols is 1. The number of nitrogens with one attached hydrogen (secondary N) is 1. The molecule has 25 heavy (non-hydrogen) atoms. The number of aromatic hydroxyl groups is 1. The van der Waals surface area contributed by atoms with Crippen molar-refractivity contribution in [2.75, 3.05) is 0 Å². The summed E-state index contributed by atoms with van der Waals surface area (Å²) in [5, 5.41) is 14.8. The van der Waals surface area contributed by atoms with Gasteiger partial charge in [-0.05, 0) is 41.7 Å². The van der Waals surface area contributed by atoms with Crippen LogP contribution in [-0.4, -0.2) is 17.2 Å². The lowest BCUT2D eigenvalue weighted by Gasteiger charge is -2.05. The number of aryl methyl sites for hydroxylation is 1. The van der Waals surface area contributed by atoms with Crippen LogP contribution in [0.15, 0.2) is 52.2 Å². The standard InChI is InChI=1S/C20H20N2O3/c1-12(2)15-6-4-14(5-7-15)10-21-22-20(24)16-8-9-17-18(19(16)23)13(3)11-25-17/h4-12,23H,1-3H3,(H,22,24)/b21-10+. The highest BCUT2D eigenvalue weighted by atomic mass is 16.3. The quantitative estimate of drug-likeness (QED) is 0.550. The van der Waals surface area contributed by atoms with Crippen molar-refractivity contribution in [1.82, 2.24) is 5.43 Å². The molecule has 0 aliphatic heterocycles. The molecule has 0 spiro atoms. The molecule has 0 fully saturated rings. The molecule has 0 unspecified atom stereocenters. The number of carbonyl (C=O) groups is 1. The zero-order valence-electron chi connectivity index (χ0n) is 14.4. The molecule has 1 aromatic heterocycles. The average Bonchev–Trinajstić information content (AvgIpc) is 2.97. The van der Waals surface area contributed by atoms with Gasteiger partial charge in [-0.2, -0.15) is 5.10 Å². The lowest BCUT2D eigenvalue weighted by molar-refractivity contribution is 0.0952. The van der Waals surface area contributed by atoms with Crippen LogP contribution in [0.25, 0.3) is 11.0 Å². The Morgan fingerprint density at radius 3 is 2.60 bits per heavy atom. The van der Waals surface area contributed by atoms with E-state index >= 15 is 0 Å². The van der Waals surface area contributed by atoms with Crippen LogP contribution >= 0.6 is 0 Å². The number of hydrogen-bond acceptors (Lipinski definition) is 4. The van der Waals surface area contributed by atoms with Gasteiger partial charge < -0.3 is 9.52 Å². The number of rotatable bonds is 4. The predicted octanol–water partition coefficient (Wildman–Crippen LogP) is 4.33. The average molecular weight is 336 g/mol. The van der Waals surface area contributed by atoms with E-state index in [4.69, 9.17) is 4.42 Å². The molecule has 2 N–H and O–H groups in total. The smallest absolute Gasteiger partial charge is 0.275 e. The van der Waals surface area contributed by atoms with Gasteiger partial charge in [-0.1, -0.05) is 38.1 Å². The molecule has 0 aliphatic rings. The zero-order valence-corrected chi connectivity index (χ0v) is 14.4. The minimum atomic E-state index is -0.477. The highest BCUT2D eigenvalue weighted by molar-refractivity contribution is 6.03. The van der Waals surface area contributed by atoms with Crippen molar-refractivity contribution in [3.05, 3.63) is 64.9 Å². The number of fused-ring (bicyclic) bond motifs is 1. The summed E-state index contributed by atoms with van der Waals surface area (Å²) in [6.07, 6.45) is 3.12. The Morgan fingerprint density at radius 2 is 1.92 bits per heavy atom. The molecule has 0 saturated heterocycles. The normalized spacial score (nSPS) is 11.5. The minimum Gasteiger partial charge on any atom is -0.506 e. The molecule has 5 heteroatoms. The Kier molecular flexibility index (Phi) is 4.57. The van der Waals surface area contributed by atoms with Crippen LogP contribution in [0.2, 0.25) is 0 Å². The van der Waals surface area contributed by atoms with Crippen molar-refractivity contribution in [3.63, 3.8) is 0 Å². The van der Waals surface area contributed by atoms with Crippen molar-refractivity contribution in [2.24, 2.45) is 5.10 Å². The molecule has 0 bridgehead atoms. The van der Waals surface area contributed by atoms with Gasteiger partial charge in [-0.15, -0.1) is 0 Å². The second kappa shape index (κ2) is 6.81. The zero-order chi connectivity index (χ0) is 18.0. The maximum atomic E-state index is 12.3. The molecule has 5 nitrogen and oxygen atoms in total. The Morgan fingerprint density at radius 1 is 1.20 bits per heavy atom. The molecule has 3 rings (SSSR count). The Hall–Kier alpha value is -3.08. The predicted molar refractivity (Wildman–Crippen MR) is 98.2 cm³/mol. The van der Waals surface area contributed by atoms with Crippen LogP contribution in [0.4, 0.5) is 0 Å². The molecule has 1 amide bonds. The molecule has 1 heterocycles. The van der Waals surface area contributed by atoms with Crippen molar-refractivity contribution < 1.29 is 14.3 Å². The SMILES string of the molecule is Cc1coc2ccc(C(=O)N/N=C/c3ccc(C(C)C)cc3)c(O)c12. The molecule has 0 aliphatic carbocycles. The second-order valence-corrected chi connectivity index (χ2v) is 6.27. The van der Waals surface area contributed by atoms with E-state index in [1.54, 1.807) is 18.5 Å². The first-order chi connectivity index (χ1) is 12.0. The second-order valence-electron chi connectivity index (χ2n) is 6.27. The van der Waals surface area contributed by atoms with Crippen LogP contribution < -0.4 is 5.43 Å². The molecule has 128 valence electrons. The van der Waals surface area contributed by atoms with Crippen LogP contribution in [-0.2, 0) is 0 Å². The van der Waals surface area contributed by atoms with Crippen LogP contribution in [0.3, 0.4) is 0 Å². The van der Waals surface area contributed by atoms with E-state index in [2.05, 4.69) is 24.4 Å². The number of benzene rings is 2. The fourth-order valence-electron chi connectivity index (χ4n) is 2.64. The van der Waals surface area contributed by atoms with Gasteiger partial charge in [0.1, 0.15) is 11.3 Å². The van der Waals surface area contributed by atoms with Crippen LogP contribution in [0.1, 0.15) is 46.8 Å². The van der Waals surface area contributed by atoms with E-state index < -0.39 is 5.91 Å². The summed E-state index contributed by atoms with van der Waals surface area (Å²) < 4.78 is 5.31. The fourth-order valence-corrected chi connectivity index (χ4v) is 2.64. The maximum Gasteiger partial charge on any atom is 0.275 e. The first-order valence-electron chi connectivity index (χ1n) is 8.10. The van der Waals surface area contributed by atoms with Crippen molar-refractivity contribution in [1.29, 1.82) is 0 Å². The third-order valence-corrected chi connectivity index (χ3v) is 4.12. The van der Waals surface area contributed by atoms with Crippen molar-refractivity contribution >= 4 is 23.1 Å². The highest BCUT2D eigenvalue weighted by Crippen LogP contribution is 2.32. The first kappa shape index (κ1) is 16.8. The third kappa shape index (κ3) is 3.40. The van der Waals surface area contributed by atoms with Gasteiger partial charge in [-0.3, -0.25) is 4.79 Å². The maximum absolute atomic E-state index is 12.3. The summed E-state index contributed by atoms with van der Waals surface area (Å²) in [4.78, 5) is 12.3. The van der Waals surface area contributed by atoms with Gasteiger partial charge in [0.15, 0.2) is 0 Å². The lowest BCUT2D eigenvalue weighted by atomic mass is 10.0. The van der Waals surface area contributed by atoms with E-state index in [0.717, 1.165) is 11.1 Å². The Labute approximate surface area is 146 Å². The van der Waals surface area contributed by atoms with Gasteiger partial charge in [0, 0.05) is 0 Å². The summed E-state index contributed by atoms with van der Waals surface area (Å²) in [5.74, 6) is -0.109. The van der Waals surface area contributed by atoms with Crippen molar-refractivity contribution in [2.45, 2.75) is 26.7 Å². The molecule has 2 aromatic carbocycles. The van der Waals surface area contributed by atoms with Gasteiger partial charge in [0.2, 0.25) is 0 Å². The lowest BCUT2D eigenvalue weighted by Crippen LogP contribution is -2.17.